The summed E-state index contributed by atoms with van der Waals surface area (Å²) in [6, 6.07) is 11.8. The second-order valence-electron chi connectivity index (χ2n) is 7.88. The molecule has 2 fully saturated rings. The number of nitrogens with one attached hydrogen (secondary N) is 2. The highest BCUT2D eigenvalue weighted by atomic mass is 32.2. The molecule has 2 aliphatic rings. The van der Waals surface area contributed by atoms with E-state index in [1.54, 1.807) is 5.57 Å². The van der Waals surface area contributed by atoms with E-state index in [0.717, 1.165) is 38.9 Å². The van der Waals surface area contributed by atoms with Crippen LogP contribution >= 0.6 is 0 Å². The van der Waals surface area contributed by atoms with Gasteiger partial charge in [-0.15, -0.1) is 0 Å². The predicted octanol–water partition coefficient (Wildman–Crippen LogP) is 2.47. The highest BCUT2D eigenvalue weighted by Crippen LogP contribution is 2.40. The molecule has 1 aromatic carbocycles. The first-order valence-corrected chi connectivity index (χ1v) is 12.0. The summed E-state index contributed by atoms with van der Waals surface area (Å²) < 4.78 is 24.8. The van der Waals surface area contributed by atoms with Crippen molar-refractivity contribution in [3.05, 3.63) is 41.5 Å². The molecule has 6 heteroatoms. The van der Waals surface area contributed by atoms with E-state index in [-0.39, 0.29) is 0 Å². The van der Waals surface area contributed by atoms with Crippen LogP contribution in [0.5, 0.6) is 0 Å². The quantitative estimate of drug-likeness (QED) is 0.679. The van der Waals surface area contributed by atoms with Crippen LogP contribution in [0.25, 0.3) is 6.08 Å². The maximum atomic E-state index is 11.1. The number of hydrogen-bond donors (Lipinski definition) is 2. The highest BCUT2D eigenvalue weighted by molar-refractivity contribution is 7.88. The molecule has 0 bridgehead atoms. The van der Waals surface area contributed by atoms with Crippen molar-refractivity contribution in [3.63, 3.8) is 0 Å². The number of rotatable bonds is 9. The lowest BCUT2D eigenvalue weighted by atomic mass is 10.0. The minimum Gasteiger partial charge on any atom is -0.311 e. The first-order chi connectivity index (χ1) is 12.9. The molecule has 150 valence electrons. The van der Waals surface area contributed by atoms with E-state index in [9.17, 15) is 8.42 Å². The monoisotopic (exact) mass is 391 g/mol. The number of nitrogens with zero attached hydrogens (tertiary/aromatic N) is 1. The van der Waals surface area contributed by atoms with Gasteiger partial charge in [0.05, 0.1) is 6.26 Å². The Bertz CT molecular complexity index is 725. The van der Waals surface area contributed by atoms with E-state index in [4.69, 9.17) is 0 Å². The van der Waals surface area contributed by atoms with E-state index in [2.05, 4.69) is 58.3 Å². The molecule has 0 radical (unpaired) electrons. The lowest BCUT2D eigenvalue weighted by molar-refractivity contribution is 0.199. The summed E-state index contributed by atoms with van der Waals surface area (Å²) >= 11 is 0. The molecular formula is C21H33N3O2S. The zero-order valence-electron chi connectivity index (χ0n) is 16.5. The van der Waals surface area contributed by atoms with Crippen molar-refractivity contribution in [3.8, 4) is 0 Å². The minimum absolute atomic E-state index is 0.506. The Morgan fingerprint density at radius 2 is 1.93 bits per heavy atom. The van der Waals surface area contributed by atoms with Gasteiger partial charge < -0.3 is 10.2 Å². The van der Waals surface area contributed by atoms with Crippen LogP contribution in [0, 0.1) is 5.92 Å². The third kappa shape index (κ3) is 6.71. The molecule has 1 saturated carbocycles. The average molecular weight is 392 g/mol. The fraction of sp³-hybridized carbons (Fsp3) is 0.619. The average Bonchev–Trinajstić information content (AvgIpc) is 3.40. The molecule has 1 heterocycles. The van der Waals surface area contributed by atoms with Gasteiger partial charge in [-0.2, -0.15) is 0 Å². The molecule has 0 spiro atoms. The van der Waals surface area contributed by atoms with Crippen LogP contribution < -0.4 is 10.0 Å². The summed E-state index contributed by atoms with van der Waals surface area (Å²) in [6.07, 6.45) is 8.24. The Hall–Kier alpha value is -1.21. The maximum absolute atomic E-state index is 11.1. The maximum Gasteiger partial charge on any atom is 0.208 e. The van der Waals surface area contributed by atoms with Crippen LogP contribution in [-0.2, 0) is 10.0 Å². The van der Waals surface area contributed by atoms with Gasteiger partial charge in [-0.1, -0.05) is 48.9 Å². The summed E-state index contributed by atoms with van der Waals surface area (Å²) in [5.74, 6) is 0.687. The number of sulfonamides is 1. The molecule has 0 aromatic heterocycles. The van der Waals surface area contributed by atoms with Crippen LogP contribution in [0.1, 0.15) is 38.2 Å². The van der Waals surface area contributed by atoms with Crippen LogP contribution in [0.2, 0.25) is 0 Å². The normalized spacial score (nSPS) is 24.9. The molecule has 0 amide bonds. The smallest absolute Gasteiger partial charge is 0.208 e. The molecule has 1 aliphatic carbocycles. The Kier molecular flexibility index (Phi) is 7.09. The van der Waals surface area contributed by atoms with Crippen molar-refractivity contribution in [1.82, 2.24) is 14.9 Å². The van der Waals surface area contributed by atoms with Gasteiger partial charge >= 0.3 is 0 Å². The van der Waals surface area contributed by atoms with Gasteiger partial charge in [-0.3, -0.25) is 0 Å². The summed E-state index contributed by atoms with van der Waals surface area (Å²) in [7, 11) is -3.08. The number of hydrogen-bond acceptors (Lipinski definition) is 4. The Labute approximate surface area is 164 Å². The summed E-state index contributed by atoms with van der Waals surface area (Å²) in [5.41, 5.74) is 2.86. The van der Waals surface area contributed by atoms with Gasteiger partial charge in [-0.05, 0) is 50.3 Å². The van der Waals surface area contributed by atoms with Gasteiger partial charge in [-0.25, -0.2) is 13.1 Å². The highest BCUT2D eigenvalue weighted by Gasteiger charge is 2.40. The van der Waals surface area contributed by atoms with E-state index < -0.39 is 10.0 Å². The SMILES string of the molecule is CC/C(=C\c1ccccc1)[C@@H]1C[C@H]1NC1CCN(CCNS(C)(=O)=O)CC1. The fourth-order valence-corrected chi connectivity index (χ4v) is 4.50. The van der Waals surface area contributed by atoms with E-state index in [1.807, 2.05) is 0 Å². The van der Waals surface area contributed by atoms with Crippen LogP contribution in [0.3, 0.4) is 0 Å². The summed E-state index contributed by atoms with van der Waals surface area (Å²) in [5, 5.41) is 3.87. The largest absolute Gasteiger partial charge is 0.311 e. The molecular weight excluding hydrogens is 358 g/mol. The fourth-order valence-electron chi connectivity index (χ4n) is 4.04. The zero-order chi connectivity index (χ0) is 19.3. The molecule has 27 heavy (non-hydrogen) atoms. The van der Waals surface area contributed by atoms with Crippen molar-refractivity contribution in [2.24, 2.45) is 5.92 Å². The topological polar surface area (TPSA) is 61.4 Å². The molecule has 2 atom stereocenters. The molecule has 2 N–H and O–H groups in total. The van der Waals surface area contributed by atoms with E-state index in [1.165, 1.54) is 18.2 Å². The third-order valence-electron chi connectivity index (χ3n) is 5.66. The third-order valence-corrected chi connectivity index (χ3v) is 6.38. The molecule has 0 unspecified atom stereocenters. The molecule has 1 aliphatic heterocycles. The lowest BCUT2D eigenvalue weighted by Crippen LogP contribution is -2.45. The van der Waals surface area contributed by atoms with Gasteiger partial charge in [0, 0.05) is 25.2 Å². The Morgan fingerprint density at radius 3 is 2.56 bits per heavy atom. The van der Waals surface area contributed by atoms with Gasteiger partial charge in [0.25, 0.3) is 0 Å². The summed E-state index contributed by atoms with van der Waals surface area (Å²) in [6.45, 7) is 5.65. The zero-order valence-corrected chi connectivity index (χ0v) is 17.3. The Balaban J connectivity index is 1.40. The molecule has 1 aromatic rings. The molecule has 1 saturated heterocycles. The second kappa shape index (κ2) is 9.32. The molecule has 3 rings (SSSR count). The predicted molar refractivity (Wildman–Crippen MR) is 112 cm³/mol. The van der Waals surface area contributed by atoms with E-state index >= 15 is 0 Å². The first-order valence-electron chi connectivity index (χ1n) is 10.1. The van der Waals surface area contributed by atoms with Crippen molar-refractivity contribution in [2.45, 2.75) is 44.7 Å². The lowest BCUT2D eigenvalue weighted by Gasteiger charge is -2.32. The van der Waals surface area contributed by atoms with Crippen molar-refractivity contribution in [2.75, 3.05) is 32.4 Å². The summed E-state index contributed by atoms with van der Waals surface area (Å²) in [4.78, 5) is 2.35. The standard InChI is InChI=1S/C21H33N3O2S/c1-3-18(15-17-7-5-4-6-8-17)20-16-21(20)23-19-9-12-24(13-10-19)14-11-22-27(2,25)26/h4-8,15,19-23H,3,9-14,16H2,1-2H3/b18-15+/t20-,21+/m0/s1. The number of likely N-dealkylation sites (tertiary alicyclic amines) is 1. The second-order valence-corrected chi connectivity index (χ2v) is 9.71. The van der Waals surface area contributed by atoms with E-state index in [0.29, 0.717) is 24.5 Å². The van der Waals surface area contributed by atoms with Crippen LogP contribution in [0.4, 0.5) is 0 Å². The van der Waals surface area contributed by atoms with Crippen molar-refractivity contribution < 1.29 is 8.42 Å². The van der Waals surface area contributed by atoms with Crippen molar-refractivity contribution >= 4 is 16.1 Å². The Morgan fingerprint density at radius 1 is 1.22 bits per heavy atom. The number of benzene rings is 1. The van der Waals surface area contributed by atoms with Gasteiger partial charge in [0.2, 0.25) is 10.0 Å². The van der Waals surface area contributed by atoms with Crippen LogP contribution in [-0.4, -0.2) is 57.8 Å². The minimum atomic E-state index is -3.08. The number of piperidine rings is 1. The van der Waals surface area contributed by atoms with Gasteiger partial charge in [0.1, 0.15) is 0 Å². The first kappa shape index (κ1) is 20.5. The van der Waals surface area contributed by atoms with Crippen molar-refractivity contribution in [1.29, 1.82) is 0 Å². The van der Waals surface area contributed by atoms with Gasteiger partial charge in [0.15, 0.2) is 0 Å². The van der Waals surface area contributed by atoms with Crippen LogP contribution in [0.15, 0.2) is 35.9 Å². The molecule has 5 nitrogen and oxygen atoms in total.